The van der Waals surface area contributed by atoms with Crippen LogP contribution in [0.1, 0.15) is 10.4 Å². The zero-order valence-corrected chi connectivity index (χ0v) is 6.74. The molecule has 5 nitrogen and oxygen atoms in total. The highest BCUT2D eigenvalue weighted by molar-refractivity contribution is 5.91. The lowest BCUT2D eigenvalue weighted by Crippen LogP contribution is -2.31. The molecule has 1 atom stereocenters. The van der Waals surface area contributed by atoms with Crippen LogP contribution in [-0.4, -0.2) is 17.4 Å². The lowest BCUT2D eigenvalue weighted by molar-refractivity contribution is 0.0697. The number of rotatable bonds is 1. The fraction of sp³-hybridized carbons (Fsp3) is 0.125. The zero-order chi connectivity index (χ0) is 9.42. The van der Waals surface area contributed by atoms with Crippen molar-refractivity contribution in [2.75, 3.05) is 10.6 Å². The SMILES string of the molecule is NC1Nc2ccc(C(=O)O)cc2N1. The van der Waals surface area contributed by atoms with E-state index in [1.54, 1.807) is 12.1 Å². The maximum absolute atomic E-state index is 10.6. The van der Waals surface area contributed by atoms with Crippen molar-refractivity contribution in [3.05, 3.63) is 23.8 Å². The van der Waals surface area contributed by atoms with Gasteiger partial charge in [0.25, 0.3) is 0 Å². The van der Waals surface area contributed by atoms with Crippen molar-refractivity contribution < 1.29 is 9.90 Å². The molecular formula is C8H9N3O2. The van der Waals surface area contributed by atoms with Gasteiger partial charge in [-0.25, -0.2) is 4.79 Å². The van der Waals surface area contributed by atoms with E-state index in [-0.39, 0.29) is 11.9 Å². The van der Waals surface area contributed by atoms with Crippen LogP contribution >= 0.6 is 0 Å². The molecule has 0 aromatic heterocycles. The number of hydrogen-bond acceptors (Lipinski definition) is 4. The molecule has 1 aliphatic heterocycles. The number of benzene rings is 1. The minimum absolute atomic E-state index is 0.252. The Morgan fingerprint density at radius 1 is 1.38 bits per heavy atom. The second-order valence-corrected chi connectivity index (χ2v) is 2.83. The van der Waals surface area contributed by atoms with E-state index in [4.69, 9.17) is 10.8 Å². The smallest absolute Gasteiger partial charge is 0.335 e. The minimum Gasteiger partial charge on any atom is -0.478 e. The van der Waals surface area contributed by atoms with Crippen LogP contribution in [0.4, 0.5) is 11.4 Å². The van der Waals surface area contributed by atoms with E-state index in [1.165, 1.54) is 6.07 Å². The van der Waals surface area contributed by atoms with Gasteiger partial charge in [0, 0.05) is 0 Å². The molecule has 5 heteroatoms. The molecule has 0 saturated carbocycles. The molecule has 0 spiro atoms. The number of carboxylic acids is 1. The van der Waals surface area contributed by atoms with E-state index in [0.717, 1.165) is 11.4 Å². The van der Waals surface area contributed by atoms with Crippen molar-refractivity contribution in [2.45, 2.75) is 6.29 Å². The summed E-state index contributed by atoms with van der Waals surface area (Å²) in [5.74, 6) is -0.940. The Morgan fingerprint density at radius 3 is 2.77 bits per heavy atom. The summed E-state index contributed by atoms with van der Waals surface area (Å²) in [5, 5.41) is 14.5. The molecule has 5 N–H and O–H groups in total. The molecule has 1 aromatic carbocycles. The van der Waals surface area contributed by atoms with Crippen molar-refractivity contribution in [2.24, 2.45) is 5.73 Å². The second kappa shape index (κ2) is 2.63. The Hall–Kier alpha value is -1.75. The Labute approximate surface area is 74.6 Å². The van der Waals surface area contributed by atoms with E-state index in [9.17, 15) is 4.79 Å². The molecule has 0 aliphatic carbocycles. The lowest BCUT2D eigenvalue weighted by atomic mass is 10.2. The Kier molecular flexibility index (Phi) is 1.60. The van der Waals surface area contributed by atoms with Crippen LogP contribution in [0.15, 0.2) is 18.2 Å². The van der Waals surface area contributed by atoms with Crippen molar-refractivity contribution in [3.8, 4) is 0 Å². The first-order valence-electron chi connectivity index (χ1n) is 3.83. The van der Waals surface area contributed by atoms with E-state index in [2.05, 4.69) is 10.6 Å². The van der Waals surface area contributed by atoms with Gasteiger partial charge in [-0.1, -0.05) is 0 Å². The summed E-state index contributed by atoms with van der Waals surface area (Å²) in [6.07, 6.45) is -0.334. The standard InChI is InChI=1S/C8H9N3O2/c9-8-10-5-2-1-4(7(12)13)3-6(5)11-8/h1-3,8,10-11H,9H2,(H,12,13). The summed E-state index contributed by atoms with van der Waals surface area (Å²) in [7, 11) is 0. The molecule has 68 valence electrons. The molecule has 0 radical (unpaired) electrons. The summed E-state index contributed by atoms with van der Waals surface area (Å²) < 4.78 is 0. The highest BCUT2D eigenvalue weighted by atomic mass is 16.4. The van der Waals surface area contributed by atoms with Gasteiger partial charge in [0.15, 0.2) is 6.29 Å². The van der Waals surface area contributed by atoms with Crippen LogP contribution in [0.5, 0.6) is 0 Å². The molecule has 2 rings (SSSR count). The van der Waals surface area contributed by atoms with Crippen LogP contribution in [0.3, 0.4) is 0 Å². The molecule has 0 bridgehead atoms. The van der Waals surface area contributed by atoms with Gasteiger partial charge in [-0.2, -0.15) is 0 Å². The van der Waals surface area contributed by atoms with E-state index >= 15 is 0 Å². The number of fused-ring (bicyclic) bond motifs is 1. The average molecular weight is 179 g/mol. The first-order chi connectivity index (χ1) is 6.16. The number of aromatic carboxylic acids is 1. The first kappa shape index (κ1) is 7.88. The third-order valence-electron chi connectivity index (χ3n) is 1.89. The molecule has 1 heterocycles. The Balaban J connectivity index is 2.40. The zero-order valence-electron chi connectivity index (χ0n) is 6.74. The predicted octanol–water partition coefficient (Wildman–Crippen LogP) is 0.464. The molecule has 0 fully saturated rings. The molecular weight excluding hydrogens is 170 g/mol. The maximum atomic E-state index is 10.6. The molecule has 13 heavy (non-hydrogen) atoms. The normalized spacial score (nSPS) is 18.7. The molecule has 0 saturated heterocycles. The van der Waals surface area contributed by atoms with Crippen molar-refractivity contribution >= 4 is 17.3 Å². The van der Waals surface area contributed by atoms with E-state index in [1.807, 2.05) is 0 Å². The summed E-state index contributed by atoms with van der Waals surface area (Å²) in [6.45, 7) is 0. The quantitative estimate of drug-likeness (QED) is 0.503. The number of carbonyl (C=O) groups is 1. The largest absolute Gasteiger partial charge is 0.478 e. The maximum Gasteiger partial charge on any atom is 0.335 e. The van der Waals surface area contributed by atoms with Crippen LogP contribution < -0.4 is 16.4 Å². The molecule has 0 amide bonds. The molecule has 1 aromatic rings. The highest BCUT2D eigenvalue weighted by Gasteiger charge is 2.16. The number of hydrogen-bond donors (Lipinski definition) is 4. The van der Waals surface area contributed by atoms with Crippen LogP contribution in [0.25, 0.3) is 0 Å². The molecule has 1 unspecified atom stereocenters. The number of carboxylic acid groups (broad SMARTS) is 1. The van der Waals surface area contributed by atoms with Gasteiger partial charge in [0.2, 0.25) is 0 Å². The second-order valence-electron chi connectivity index (χ2n) is 2.83. The predicted molar refractivity (Wildman–Crippen MR) is 48.6 cm³/mol. The van der Waals surface area contributed by atoms with Gasteiger partial charge in [-0.3, -0.25) is 5.73 Å². The van der Waals surface area contributed by atoms with Gasteiger partial charge in [-0.05, 0) is 18.2 Å². The van der Waals surface area contributed by atoms with Gasteiger partial charge < -0.3 is 15.7 Å². The van der Waals surface area contributed by atoms with Crippen LogP contribution in [0, 0.1) is 0 Å². The highest BCUT2D eigenvalue weighted by Crippen LogP contribution is 2.28. The first-order valence-corrected chi connectivity index (χ1v) is 3.83. The van der Waals surface area contributed by atoms with Crippen molar-refractivity contribution in [3.63, 3.8) is 0 Å². The average Bonchev–Trinajstić information content (AvgIpc) is 2.42. The van der Waals surface area contributed by atoms with Gasteiger partial charge in [-0.15, -0.1) is 0 Å². The Morgan fingerprint density at radius 2 is 2.08 bits per heavy atom. The van der Waals surface area contributed by atoms with Crippen molar-refractivity contribution in [1.82, 2.24) is 0 Å². The summed E-state index contributed by atoms with van der Waals surface area (Å²) >= 11 is 0. The fourth-order valence-corrected chi connectivity index (χ4v) is 1.29. The van der Waals surface area contributed by atoms with Gasteiger partial charge >= 0.3 is 5.97 Å². The van der Waals surface area contributed by atoms with Crippen LogP contribution in [0.2, 0.25) is 0 Å². The molecule has 1 aliphatic rings. The minimum atomic E-state index is -0.940. The fourth-order valence-electron chi connectivity index (χ4n) is 1.29. The summed E-state index contributed by atoms with van der Waals surface area (Å²) in [5.41, 5.74) is 7.35. The van der Waals surface area contributed by atoms with Gasteiger partial charge in [0.05, 0.1) is 16.9 Å². The number of anilines is 2. The van der Waals surface area contributed by atoms with E-state index < -0.39 is 5.97 Å². The van der Waals surface area contributed by atoms with Crippen molar-refractivity contribution in [1.29, 1.82) is 0 Å². The third kappa shape index (κ3) is 1.29. The lowest BCUT2D eigenvalue weighted by Gasteiger charge is -2.01. The number of nitrogens with two attached hydrogens (primary N) is 1. The van der Waals surface area contributed by atoms with E-state index in [0.29, 0.717) is 0 Å². The topological polar surface area (TPSA) is 87.4 Å². The van der Waals surface area contributed by atoms with Gasteiger partial charge in [0.1, 0.15) is 0 Å². The monoisotopic (exact) mass is 179 g/mol. The summed E-state index contributed by atoms with van der Waals surface area (Å²) in [4.78, 5) is 10.6. The Bertz CT molecular complexity index is 364. The third-order valence-corrected chi connectivity index (χ3v) is 1.89. The number of nitrogens with one attached hydrogen (secondary N) is 2. The summed E-state index contributed by atoms with van der Waals surface area (Å²) in [6, 6.07) is 4.78. The van der Waals surface area contributed by atoms with Crippen LogP contribution in [-0.2, 0) is 0 Å².